The average molecular weight is 186 g/mol. The molecule has 0 saturated carbocycles. The van der Waals surface area contributed by atoms with Gasteiger partial charge in [0.05, 0.1) is 10.6 Å². The van der Waals surface area contributed by atoms with Gasteiger partial charge < -0.3 is 10.4 Å². The highest BCUT2D eigenvalue weighted by atomic mass is 35.5. The molecule has 1 aromatic carbocycles. The number of hydrogen-bond acceptors (Lipinski definition) is 2. The van der Waals surface area contributed by atoms with Crippen molar-refractivity contribution in [1.29, 1.82) is 0 Å². The molecule has 0 aliphatic rings. The minimum atomic E-state index is -1.02. The van der Waals surface area contributed by atoms with Gasteiger partial charge in [-0.1, -0.05) is 11.6 Å². The minimum Gasteiger partial charge on any atom is -0.478 e. The molecule has 0 aliphatic heterocycles. The molecule has 0 amide bonds. The molecule has 2 N–H and O–H groups in total. The molecule has 0 radical (unpaired) electrons. The van der Waals surface area contributed by atoms with Crippen molar-refractivity contribution in [2.75, 3.05) is 12.4 Å². The van der Waals surface area contributed by atoms with Crippen LogP contribution in [0.3, 0.4) is 0 Å². The van der Waals surface area contributed by atoms with E-state index in [9.17, 15) is 4.79 Å². The number of benzene rings is 1. The lowest BCUT2D eigenvalue weighted by Gasteiger charge is -2.02. The molecule has 0 bridgehead atoms. The van der Waals surface area contributed by atoms with Crippen molar-refractivity contribution >= 4 is 23.3 Å². The summed E-state index contributed by atoms with van der Waals surface area (Å²) >= 11 is 5.64. The number of rotatable bonds is 2. The van der Waals surface area contributed by atoms with Crippen LogP contribution in [0.2, 0.25) is 5.02 Å². The van der Waals surface area contributed by atoms with E-state index in [4.69, 9.17) is 16.7 Å². The molecule has 0 fully saturated rings. The molecule has 64 valence electrons. The fourth-order valence-corrected chi connectivity index (χ4v) is 1.04. The van der Waals surface area contributed by atoms with Gasteiger partial charge in [-0.3, -0.25) is 0 Å². The fourth-order valence-electron chi connectivity index (χ4n) is 0.845. The van der Waals surface area contributed by atoms with Crippen molar-refractivity contribution < 1.29 is 9.90 Å². The molecule has 4 heteroatoms. The fraction of sp³-hybridized carbons (Fsp3) is 0.125. The number of anilines is 1. The highest BCUT2D eigenvalue weighted by Crippen LogP contribution is 2.19. The molecular weight excluding hydrogens is 178 g/mol. The molecule has 12 heavy (non-hydrogen) atoms. The third-order valence-corrected chi connectivity index (χ3v) is 1.82. The van der Waals surface area contributed by atoms with Crippen LogP contribution < -0.4 is 5.32 Å². The number of nitrogens with one attached hydrogen (secondary N) is 1. The minimum absolute atomic E-state index is 0.114. The van der Waals surface area contributed by atoms with E-state index < -0.39 is 5.97 Å². The Morgan fingerprint density at radius 2 is 2.25 bits per heavy atom. The maximum Gasteiger partial charge on any atom is 0.337 e. The average Bonchev–Trinajstić information content (AvgIpc) is 2.05. The zero-order valence-electron chi connectivity index (χ0n) is 6.47. The highest BCUT2D eigenvalue weighted by molar-refractivity contribution is 6.33. The third-order valence-electron chi connectivity index (χ3n) is 1.49. The number of aromatic carboxylic acids is 1. The van der Waals surface area contributed by atoms with E-state index >= 15 is 0 Å². The standard InChI is InChI=1S/C8H8ClNO2/c1-10-5-2-3-7(9)6(4-5)8(11)12/h2-4,10H,1H3,(H,11,12). The summed E-state index contributed by atoms with van der Waals surface area (Å²) in [5.74, 6) is -1.02. The van der Waals surface area contributed by atoms with Crippen molar-refractivity contribution in [3.8, 4) is 0 Å². The van der Waals surface area contributed by atoms with Gasteiger partial charge in [-0.2, -0.15) is 0 Å². The van der Waals surface area contributed by atoms with Crippen LogP contribution in [-0.4, -0.2) is 18.1 Å². The summed E-state index contributed by atoms with van der Waals surface area (Å²) in [7, 11) is 1.72. The number of carbonyl (C=O) groups is 1. The SMILES string of the molecule is CNc1ccc(Cl)c(C(=O)O)c1. The van der Waals surface area contributed by atoms with Crippen molar-refractivity contribution in [2.24, 2.45) is 0 Å². The second kappa shape index (κ2) is 3.45. The first-order valence-corrected chi connectivity index (χ1v) is 3.73. The van der Waals surface area contributed by atoms with Gasteiger partial charge in [0.15, 0.2) is 0 Å². The van der Waals surface area contributed by atoms with Crippen molar-refractivity contribution in [2.45, 2.75) is 0 Å². The summed E-state index contributed by atoms with van der Waals surface area (Å²) in [5.41, 5.74) is 0.848. The Bertz CT molecular complexity index is 312. The second-order valence-electron chi connectivity index (χ2n) is 2.25. The first-order valence-electron chi connectivity index (χ1n) is 3.35. The largest absolute Gasteiger partial charge is 0.478 e. The Labute approximate surface area is 75.0 Å². The van der Waals surface area contributed by atoms with Crippen LogP contribution in [0.5, 0.6) is 0 Å². The van der Waals surface area contributed by atoms with Gasteiger partial charge >= 0.3 is 5.97 Å². The summed E-state index contributed by atoms with van der Waals surface area (Å²) in [6, 6.07) is 4.76. The molecule has 1 aromatic rings. The Kier molecular flexibility index (Phi) is 2.55. The van der Waals surface area contributed by atoms with Crippen LogP contribution in [0.25, 0.3) is 0 Å². The van der Waals surface area contributed by atoms with Gasteiger partial charge in [-0.05, 0) is 18.2 Å². The van der Waals surface area contributed by atoms with Crippen LogP contribution in [0.1, 0.15) is 10.4 Å². The normalized spacial score (nSPS) is 9.50. The van der Waals surface area contributed by atoms with E-state index in [0.29, 0.717) is 0 Å². The predicted molar refractivity (Wildman–Crippen MR) is 48.0 cm³/mol. The van der Waals surface area contributed by atoms with E-state index in [2.05, 4.69) is 5.32 Å². The molecule has 0 saturated heterocycles. The molecule has 0 aromatic heterocycles. The van der Waals surface area contributed by atoms with Gasteiger partial charge in [0.1, 0.15) is 0 Å². The second-order valence-corrected chi connectivity index (χ2v) is 2.66. The molecule has 1 rings (SSSR count). The Balaban J connectivity index is 3.17. The Hall–Kier alpha value is -1.22. The highest BCUT2D eigenvalue weighted by Gasteiger charge is 2.08. The summed E-state index contributed by atoms with van der Waals surface area (Å²) in [4.78, 5) is 10.6. The van der Waals surface area contributed by atoms with E-state index in [1.165, 1.54) is 6.07 Å². The van der Waals surface area contributed by atoms with Crippen molar-refractivity contribution in [1.82, 2.24) is 0 Å². The quantitative estimate of drug-likeness (QED) is 0.742. The number of carboxylic acids is 1. The maximum atomic E-state index is 10.6. The van der Waals surface area contributed by atoms with Gasteiger partial charge in [0, 0.05) is 12.7 Å². The van der Waals surface area contributed by atoms with Crippen LogP contribution >= 0.6 is 11.6 Å². The molecule has 0 heterocycles. The maximum absolute atomic E-state index is 10.6. The summed E-state index contributed by atoms with van der Waals surface area (Å²) < 4.78 is 0. The number of halogens is 1. The lowest BCUT2D eigenvalue weighted by Crippen LogP contribution is -1.98. The summed E-state index contributed by atoms with van der Waals surface area (Å²) in [6.45, 7) is 0. The van der Waals surface area contributed by atoms with Crippen molar-refractivity contribution in [3.63, 3.8) is 0 Å². The number of hydrogen-bond donors (Lipinski definition) is 2. The Morgan fingerprint density at radius 3 is 2.75 bits per heavy atom. The zero-order chi connectivity index (χ0) is 9.14. The number of carboxylic acid groups (broad SMARTS) is 1. The molecule has 0 spiro atoms. The monoisotopic (exact) mass is 185 g/mol. The topological polar surface area (TPSA) is 49.3 Å². The van der Waals surface area contributed by atoms with Crippen LogP contribution in [-0.2, 0) is 0 Å². The predicted octanol–water partition coefficient (Wildman–Crippen LogP) is 2.08. The molecule has 3 nitrogen and oxygen atoms in total. The first kappa shape index (κ1) is 8.87. The van der Waals surface area contributed by atoms with E-state index in [0.717, 1.165) is 5.69 Å². The lowest BCUT2D eigenvalue weighted by atomic mass is 10.2. The molecular formula is C8H8ClNO2. The Morgan fingerprint density at radius 1 is 1.58 bits per heavy atom. The lowest BCUT2D eigenvalue weighted by molar-refractivity contribution is 0.0697. The van der Waals surface area contributed by atoms with Gasteiger partial charge in [-0.25, -0.2) is 4.79 Å². The van der Waals surface area contributed by atoms with Crippen LogP contribution in [0.15, 0.2) is 18.2 Å². The van der Waals surface area contributed by atoms with Gasteiger partial charge in [-0.15, -0.1) is 0 Å². The first-order chi connectivity index (χ1) is 5.65. The summed E-state index contributed by atoms with van der Waals surface area (Å²) in [6.07, 6.45) is 0. The molecule has 0 aliphatic carbocycles. The smallest absolute Gasteiger partial charge is 0.337 e. The van der Waals surface area contributed by atoms with Crippen molar-refractivity contribution in [3.05, 3.63) is 28.8 Å². The van der Waals surface area contributed by atoms with E-state index in [1.807, 2.05) is 0 Å². The van der Waals surface area contributed by atoms with Crippen LogP contribution in [0, 0.1) is 0 Å². The van der Waals surface area contributed by atoms with Crippen LogP contribution in [0.4, 0.5) is 5.69 Å². The van der Waals surface area contributed by atoms with E-state index in [1.54, 1.807) is 19.2 Å². The van der Waals surface area contributed by atoms with Gasteiger partial charge in [0.2, 0.25) is 0 Å². The summed E-state index contributed by atoms with van der Waals surface area (Å²) in [5, 5.41) is 11.8. The molecule has 0 unspecified atom stereocenters. The zero-order valence-corrected chi connectivity index (χ0v) is 7.22. The van der Waals surface area contributed by atoms with Gasteiger partial charge in [0.25, 0.3) is 0 Å². The molecule has 0 atom stereocenters. The third kappa shape index (κ3) is 1.68. The van der Waals surface area contributed by atoms with E-state index in [-0.39, 0.29) is 10.6 Å².